The van der Waals surface area contributed by atoms with E-state index in [4.69, 9.17) is 4.52 Å². The van der Waals surface area contributed by atoms with Crippen molar-refractivity contribution < 1.29 is 18.6 Å². The molecular weight excluding hydrogens is 263 g/mol. The molecule has 106 valence electrons. The standard InChI is InChI=1S/C14H21O4P/c1-11(2)13(14(15)17-3)18-19(4,16)10-12-8-6-5-7-9-12/h5-9,11,13H,10H2,1-4H3. The number of benzene rings is 1. The number of rotatable bonds is 6. The van der Waals surface area contributed by atoms with Crippen molar-refractivity contribution >= 4 is 13.3 Å². The Bertz CT molecular complexity index is 456. The fraction of sp³-hybridized carbons (Fsp3) is 0.500. The van der Waals surface area contributed by atoms with Gasteiger partial charge in [0.05, 0.1) is 7.11 Å². The van der Waals surface area contributed by atoms with Crippen LogP contribution in [0, 0.1) is 5.92 Å². The fourth-order valence-corrected chi connectivity index (χ4v) is 3.50. The molecule has 0 aromatic heterocycles. The highest BCUT2D eigenvalue weighted by atomic mass is 31.2. The maximum atomic E-state index is 12.5. The third-order valence-electron chi connectivity index (χ3n) is 2.69. The molecular formula is C14H21O4P. The Labute approximate surface area is 114 Å². The van der Waals surface area contributed by atoms with E-state index in [1.54, 1.807) is 6.66 Å². The predicted molar refractivity (Wildman–Crippen MR) is 75.4 cm³/mol. The number of hydrogen-bond acceptors (Lipinski definition) is 4. The van der Waals surface area contributed by atoms with Crippen molar-refractivity contribution in [3.63, 3.8) is 0 Å². The second-order valence-corrected chi connectivity index (χ2v) is 7.51. The summed E-state index contributed by atoms with van der Waals surface area (Å²) in [7, 11) is -1.59. The van der Waals surface area contributed by atoms with Crippen molar-refractivity contribution in [2.45, 2.75) is 26.1 Å². The van der Waals surface area contributed by atoms with E-state index >= 15 is 0 Å². The molecule has 0 amide bonds. The van der Waals surface area contributed by atoms with Crippen molar-refractivity contribution in [1.82, 2.24) is 0 Å². The summed E-state index contributed by atoms with van der Waals surface area (Å²) in [5.41, 5.74) is 0.931. The molecule has 0 heterocycles. The minimum atomic E-state index is -2.89. The maximum Gasteiger partial charge on any atom is 0.335 e. The Hall–Kier alpha value is -1.12. The molecule has 0 fully saturated rings. The summed E-state index contributed by atoms with van der Waals surface area (Å²) < 4.78 is 22.7. The van der Waals surface area contributed by atoms with Crippen molar-refractivity contribution in [3.8, 4) is 0 Å². The summed E-state index contributed by atoms with van der Waals surface area (Å²) in [6.45, 7) is 5.23. The van der Waals surface area contributed by atoms with Crippen molar-refractivity contribution in [2.24, 2.45) is 5.92 Å². The van der Waals surface area contributed by atoms with Crippen LogP contribution in [0.4, 0.5) is 0 Å². The Kier molecular flexibility index (Phi) is 5.77. The summed E-state index contributed by atoms with van der Waals surface area (Å²) in [5, 5.41) is 0. The van der Waals surface area contributed by atoms with E-state index in [1.165, 1.54) is 7.11 Å². The summed E-state index contributed by atoms with van der Waals surface area (Å²) in [6, 6.07) is 9.45. The van der Waals surface area contributed by atoms with Crippen molar-refractivity contribution in [1.29, 1.82) is 0 Å². The molecule has 0 aliphatic heterocycles. The van der Waals surface area contributed by atoms with Gasteiger partial charge in [-0.3, -0.25) is 4.57 Å². The van der Waals surface area contributed by atoms with Gasteiger partial charge in [0.2, 0.25) is 7.37 Å². The number of carbonyl (C=O) groups is 1. The van der Waals surface area contributed by atoms with Crippen LogP contribution in [0.25, 0.3) is 0 Å². The quantitative estimate of drug-likeness (QED) is 0.594. The predicted octanol–water partition coefficient (Wildman–Crippen LogP) is 3.31. The largest absolute Gasteiger partial charge is 0.467 e. The molecule has 0 aliphatic rings. The van der Waals surface area contributed by atoms with Crippen LogP contribution in [0.3, 0.4) is 0 Å². The van der Waals surface area contributed by atoms with E-state index in [0.29, 0.717) is 6.16 Å². The molecule has 0 bridgehead atoms. The zero-order valence-electron chi connectivity index (χ0n) is 11.8. The van der Waals surface area contributed by atoms with E-state index < -0.39 is 19.4 Å². The lowest BCUT2D eigenvalue weighted by Gasteiger charge is -2.23. The van der Waals surface area contributed by atoms with Crippen LogP contribution in [-0.2, 0) is 24.8 Å². The van der Waals surface area contributed by atoms with Gasteiger partial charge < -0.3 is 9.26 Å². The van der Waals surface area contributed by atoms with Gasteiger partial charge in [-0.1, -0.05) is 44.2 Å². The van der Waals surface area contributed by atoms with Crippen molar-refractivity contribution in [2.75, 3.05) is 13.8 Å². The number of hydrogen-bond donors (Lipinski definition) is 0. The number of methoxy groups -OCH3 is 1. The zero-order chi connectivity index (χ0) is 14.5. The van der Waals surface area contributed by atoms with Gasteiger partial charge in [0.25, 0.3) is 0 Å². The first-order chi connectivity index (χ1) is 8.85. The first kappa shape index (κ1) is 15.9. The van der Waals surface area contributed by atoms with Crippen LogP contribution in [0.1, 0.15) is 19.4 Å². The molecule has 1 aromatic carbocycles. The molecule has 0 saturated heterocycles. The van der Waals surface area contributed by atoms with Crippen LogP contribution in [0.2, 0.25) is 0 Å². The van der Waals surface area contributed by atoms with Gasteiger partial charge in [0, 0.05) is 12.8 Å². The third-order valence-corrected chi connectivity index (χ3v) is 4.30. The third kappa shape index (κ3) is 5.17. The average molecular weight is 284 g/mol. The zero-order valence-corrected chi connectivity index (χ0v) is 12.7. The normalized spacial score (nSPS) is 15.8. The Morgan fingerprint density at radius 2 is 1.84 bits per heavy atom. The average Bonchev–Trinajstić information content (AvgIpc) is 2.35. The van der Waals surface area contributed by atoms with Gasteiger partial charge in [0.1, 0.15) is 0 Å². The highest BCUT2D eigenvalue weighted by molar-refractivity contribution is 7.57. The number of carbonyl (C=O) groups excluding carboxylic acids is 1. The number of esters is 1. The van der Waals surface area contributed by atoms with Gasteiger partial charge in [-0.2, -0.15) is 0 Å². The van der Waals surface area contributed by atoms with Gasteiger partial charge in [-0.05, 0) is 11.5 Å². The fourth-order valence-electron chi connectivity index (χ4n) is 1.75. The van der Waals surface area contributed by atoms with Crippen LogP contribution < -0.4 is 0 Å². The molecule has 0 aliphatic carbocycles. The van der Waals surface area contributed by atoms with Crippen molar-refractivity contribution in [3.05, 3.63) is 35.9 Å². The maximum absolute atomic E-state index is 12.5. The minimum Gasteiger partial charge on any atom is -0.467 e. The molecule has 1 aromatic rings. The van der Waals surface area contributed by atoms with E-state index in [9.17, 15) is 9.36 Å². The number of ether oxygens (including phenoxy) is 1. The van der Waals surface area contributed by atoms with E-state index in [2.05, 4.69) is 4.74 Å². The SMILES string of the molecule is COC(=O)C(OP(C)(=O)Cc1ccccc1)C(C)C. The van der Waals surface area contributed by atoms with E-state index in [0.717, 1.165) is 5.56 Å². The van der Waals surface area contributed by atoms with Crippen LogP contribution in [0.5, 0.6) is 0 Å². The molecule has 19 heavy (non-hydrogen) atoms. The van der Waals surface area contributed by atoms with Gasteiger partial charge in [-0.15, -0.1) is 0 Å². The van der Waals surface area contributed by atoms with Crippen LogP contribution in [-0.4, -0.2) is 25.8 Å². The topological polar surface area (TPSA) is 52.6 Å². The minimum absolute atomic E-state index is 0.0866. The van der Waals surface area contributed by atoms with E-state index in [1.807, 2.05) is 44.2 Å². The summed E-state index contributed by atoms with van der Waals surface area (Å²) in [5.74, 6) is -0.568. The molecule has 2 unspecified atom stereocenters. The lowest BCUT2D eigenvalue weighted by Crippen LogP contribution is -2.30. The van der Waals surface area contributed by atoms with Crippen LogP contribution in [0.15, 0.2) is 30.3 Å². The Balaban J connectivity index is 2.77. The first-order valence-corrected chi connectivity index (χ1v) is 8.48. The molecule has 0 N–H and O–H groups in total. The Morgan fingerprint density at radius 3 is 2.32 bits per heavy atom. The van der Waals surface area contributed by atoms with Gasteiger partial charge >= 0.3 is 5.97 Å². The van der Waals surface area contributed by atoms with Gasteiger partial charge in [-0.25, -0.2) is 4.79 Å². The molecule has 2 atom stereocenters. The Morgan fingerprint density at radius 1 is 1.26 bits per heavy atom. The van der Waals surface area contributed by atoms with Crippen LogP contribution >= 0.6 is 7.37 Å². The van der Waals surface area contributed by atoms with E-state index in [-0.39, 0.29) is 5.92 Å². The molecule has 0 saturated carbocycles. The molecule has 5 heteroatoms. The highest BCUT2D eigenvalue weighted by Crippen LogP contribution is 2.48. The van der Waals surface area contributed by atoms with Gasteiger partial charge in [0.15, 0.2) is 6.10 Å². The lowest BCUT2D eigenvalue weighted by atomic mass is 10.1. The monoisotopic (exact) mass is 284 g/mol. The smallest absolute Gasteiger partial charge is 0.335 e. The first-order valence-electron chi connectivity index (χ1n) is 6.22. The molecule has 0 radical (unpaired) electrons. The summed E-state index contributed by atoms with van der Waals surface area (Å²) in [4.78, 5) is 11.6. The summed E-state index contributed by atoms with van der Waals surface area (Å²) >= 11 is 0. The lowest BCUT2D eigenvalue weighted by molar-refractivity contribution is -0.150. The molecule has 1 rings (SSSR count). The second kappa shape index (κ2) is 6.88. The molecule has 4 nitrogen and oxygen atoms in total. The molecule has 0 spiro atoms. The second-order valence-electron chi connectivity index (χ2n) is 4.95. The highest BCUT2D eigenvalue weighted by Gasteiger charge is 2.31. The summed E-state index contributed by atoms with van der Waals surface area (Å²) in [6.07, 6.45) is -0.474.